The molecule has 4 heterocycles. The number of hydrogen-bond donors (Lipinski definition) is 1. The van der Waals surface area contributed by atoms with Gasteiger partial charge in [-0.2, -0.15) is 0 Å². The number of furan rings is 1. The molecular formula is C31H34FN5O3S2. The largest absolute Gasteiger partial charge is 0.488 e. The van der Waals surface area contributed by atoms with Gasteiger partial charge in [-0.05, 0) is 66.6 Å². The summed E-state index contributed by atoms with van der Waals surface area (Å²) in [5, 5.41) is 3.53. The summed E-state index contributed by atoms with van der Waals surface area (Å²) < 4.78 is 30.4. The van der Waals surface area contributed by atoms with E-state index in [0.29, 0.717) is 29.1 Å². The van der Waals surface area contributed by atoms with Crippen LogP contribution >= 0.6 is 23.9 Å². The van der Waals surface area contributed by atoms with Crippen LogP contribution in [0.5, 0.6) is 5.75 Å². The number of pyridine rings is 1. The Balaban J connectivity index is 1.36. The minimum Gasteiger partial charge on any atom is -0.488 e. The number of ether oxygens (including phenoxy) is 1. The van der Waals surface area contributed by atoms with E-state index in [1.165, 1.54) is 17.7 Å². The van der Waals surface area contributed by atoms with Crippen LogP contribution in [0.3, 0.4) is 0 Å². The molecule has 4 aromatic rings. The molecule has 2 aromatic carbocycles. The molecule has 2 aromatic heterocycles. The molecule has 0 radical (unpaired) electrons. The van der Waals surface area contributed by atoms with E-state index >= 15 is 0 Å². The summed E-state index contributed by atoms with van der Waals surface area (Å²) in [6.07, 6.45) is 6.05. The van der Waals surface area contributed by atoms with Gasteiger partial charge in [0.15, 0.2) is 11.6 Å². The second kappa shape index (κ2) is 12.1. The van der Waals surface area contributed by atoms with Crippen molar-refractivity contribution in [3.05, 3.63) is 65.6 Å². The van der Waals surface area contributed by atoms with Crippen molar-refractivity contribution in [1.82, 2.24) is 14.6 Å². The van der Waals surface area contributed by atoms with Gasteiger partial charge in [-0.3, -0.25) is 4.79 Å². The van der Waals surface area contributed by atoms with Crippen LogP contribution < -0.4 is 19.3 Å². The maximum atomic E-state index is 13.7. The Labute approximate surface area is 253 Å². The lowest BCUT2D eigenvalue weighted by Gasteiger charge is -2.34. The van der Waals surface area contributed by atoms with Crippen molar-refractivity contribution >= 4 is 52.3 Å². The number of benzene rings is 2. The van der Waals surface area contributed by atoms with Gasteiger partial charge in [0.25, 0.3) is 5.91 Å². The minimum atomic E-state index is -0.340. The fraction of sp³-hybridized carbons (Fsp3) is 0.355. The van der Waals surface area contributed by atoms with Crippen molar-refractivity contribution < 1.29 is 18.3 Å². The van der Waals surface area contributed by atoms with Crippen LogP contribution in [0, 0.1) is 5.82 Å². The van der Waals surface area contributed by atoms with Gasteiger partial charge in [-0.25, -0.2) is 13.7 Å². The maximum Gasteiger partial charge on any atom is 0.255 e. The van der Waals surface area contributed by atoms with Crippen LogP contribution in [0.15, 0.2) is 58.0 Å². The molecule has 6 rings (SSSR count). The summed E-state index contributed by atoms with van der Waals surface area (Å²) in [5.41, 5.74) is 3.98. The molecule has 1 atom stereocenters. The number of nitrogens with zero attached hydrogens (tertiary/aromatic N) is 4. The summed E-state index contributed by atoms with van der Waals surface area (Å²) in [5.74, 6) is 1.82. The van der Waals surface area contributed by atoms with Gasteiger partial charge in [0, 0.05) is 74.7 Å². The first-order chi connectivity index (χ1) is 20.4. The number of likely N-dealkylation sites (N-methyl/N-ethyl adjacent to an activating group) is 1. The second-order valence-corrected chi connectivity index (χ2v) is 12.6. The third-order valence-corrected chi connectivity index (χ3v) is 9.69. The van der Waals surface area contributed by atoms with E-state index in [0.717, 1.165) is 60.0 Å². The highest BCUT2D eigenvalue weighted by Crippen LogP contribution is 2.44. The van der Waals surface area contributed by atoms with Gasteiger partial charge in [-0.15, -0.1) is 0 Å². The van der Waals surface area contributed by atoms with E-state index in [-0.39, 0.29) is 17.6 Å². The molecule has 2 aliphatic rings. The van der Waals surface area contributed by atoms with Gasteiger partial charge in [0.05, 0.1) is 17.8 Å². The number of rotatable bonds is 7. The second-order valence-electron chi connectivity index (χ2n) is 10.6. The molecule has 0 aliphatic carbocycles. The van der Waals surface area contributed by atoms with Crippen molar-refractivity contribution in [2.24, 2.45) is 0 Å². The lowest BCUT2D eigenvalue weighted by molar-refractivity contribution is 0.0964. The van der Waals surface area contributed by atoms with Crippen LogP contribution in [0.25, 0.3) is 22.3 Å². The Morgan fingerprint density at radius 2 is 2.00 bits per heavy atom. The number of hydrogen-bond acceptors (Lipinski definition) is 9. The summed E-state index contributed by atoms with van der Waals surface area (Å²) in [6.45, 7) is 3.31. The number of aromatic nitrogens is 1. The zero-order chi connectivity index (χ0) is 29.4. The van der Waals surface area contributed by atoms with E-state index in [2.05, 4.69) is 35.9 Å². The van der Waals surface area contributed by atoms with Gasteiger partial charge < -0.3 is 23.7 Å². The fourth-order valence-corrected chi connectivity index (χ4v) is 7.08. The minimum absolute atomic E-state index is 0.237. The number of carbonyl (C=O) groups excluding carboxylic acids is 1. The first kappa shape index (κ1) is 28.7. The van der Waals surface area contributed by atoms with Crippen LogP contribution in [0.4, 0.5) is 15.9 Å². The number of halogens is 1. The number of amides is 1. The third-order valence-electron chi connectivity index (χ3n) is 7.92. The summed E-state index contributed by atoms with van der Waals surface area (Å²) in [4.78, 5) is 21.0. The quantitative estimate of drug-likeness (QED) is 0.240. The number of piperidine rings is 1. The number of anilines is 2. The molecule has 1 amide bonds. The van der Waals surface area contributed by atoms with Crippen LogP contribution in [-0.4, -0.2) is 68.8 Å². The fourth-order valence-electron chi connectivity index (χ4n) is 5.69. The molecule has 1 saturated heterocycles. The van der Waals surface area contributed by atoms with Gasteiger partial charge in [-0.1, -0.05) is 11.9 Å². The molecule has 1 fully saturated rings. The number of nitrogens with one attached hydrogen (secondary N) is 1. The number of carbonyl (C=O) groups is 1. The highest BCUT2D eigenvalue weighted by molar-refractivity contribution is 7.99. The molecule has 2 aliphatic heterocycles. The normalized spacial score (nSPS) is 17.2. The Bertz CT molecular complexity index is 1610. The van der Waals surface area contributed by atoms with Gasteiger partial charge in [0.1, 0.15) is 23.8 Å². The molecule has 42 heavy (non-hydrogen) atoms. The van der Waals surface area contributed by atoms with E-state index in [1.807, 2.05) is 32.6 Å². The van der Waals surface area contributed by atoms with Crippen molar-refractivity contribution in [3.8, 4) is 17.1 Å². The van der Waals surface area contributed by atoms with Crippen molar-refractivity contribution in [3.63, 3.8) is 0 Å². The Hall–Kier alpha value is -3.41. The third kappa shape index (κ3) is 5.52. The van der Waals surface area contributed by atoms with E-state index < -0.39 is 0 Å². The maximum absolute atomic E-state index is 13.7. The molecule has 1 N–H and O–H groups in total. The predicted octanol–water partition coefficient (Wildman–Crippen LogP) is 6.42. The van der Waals surface area contributed by atoms with Crippen LogP contribution in [0.2, 0.25) is 0 Å². The van der Waals surface area contributed by atoms with Crippen molar-refractivity contribution in [2.75, 3.05) is 62.8 Å². The molecular weight excluding hydrogens is 574 g/mol. The summed E-state index contributed by atoms with van der Waals surface area (Å²) in [7, 11) is 5.69. The predicted molar refractivity (Wildman–Crippen MR) is 169 cm³/mol. The Kier molecular flexibility index (Phi) is 8.24. The smallest absolute Gasteiger partial charge is 0.255 e. The first-order valence-electron chi connectivity index (χ1n) is 14.0. The lowest BCUT2D eigenvalue weighted by Crippen LogP contribution is -2.30. The SMILES string of the molecule is CNC(=O)c1c(-c2ccc(F)cc2)oc2cc(N(C)SC)c([C@@H]3CCCN(Sc4cnc5c(c4)OCCN5C)C3)cc12. The standard InChI is InChI=1S/C31H34FN5O3S2/c1-33-31(38)28-24-15-23(25(36(3)41-4)16-26(24)40-29(28)19-7-9-21(32)10-8-19)20-6-5-11-37(18-20)42-22-14-27-30(34-17-22)35(2)12-13-39-27/h7-10,14-17,20H,5-6,11-13,18H2,1-4H3,(H,33,38)/t20-/m1/s1. The molecule has 8 nitrogen and oxygen atoms in total. The van der Waals surface area contributed by atoms with Gasteiger partial charge in [0.2, 0.25) is 0 Å². The topological polar surface area (TPSA) is 74.1 Å². The first-order valence-corrected chi connectivity index (χ1v) is 15.9. The molecule has 0 spiro atoms. The average Bonchev–Trinajstić information content (AvgIpc) is 3.38. The van der Waals surface area contributed by atoms with Crippen LogP contribution in [-0.2, 0) is 0 Å². The average molecular weight is 608 g/mol. The molecule has 0 saturated carbocycles. The molecule has 220 valence electrons. The van der Waals surface area contributed by atoms with Gasteiger partial charge >= 0.3 is 0 Å². The summed E-state index contributed by atoms with van der Waals surface area (Å²) >= 11 is 3.34. The molecule has 0 unspecified atom stereocenters. The highest BCUT2D eigenvalue weighted by atomic mass is 32.2. The van der Waals surface area contributed by atoms with Crippen molar-refractivity contribution in [2.45, 2.75) is 23.7 Å². The Morgan fingerprint density at radius 1 is 1.19 bits per heavy atom. The lowest BCUT2D eigenvalue weighted by atomic mass is 9.89. The zero-order valence-electron chi connectivity index (χ0n) is 24.1. The summed E-state index contributed by atoms with van der Waals surface area (Å²) in [6, 6.07) is 12.3. The van der Waals surface area contributed by atoms with E-state index in [1.54, 1.807) is 43.1 Å². The molecule has 0 bridgehead atoms. The number of fused-ring (bicyclic) bond motifs is 2. The van der Waals surface area contributed by atoms with E-state index in [4.69, 9.17) is 9.15 Å². The van der Waals surface area contributed by atoms with Crippen LogP contribution in [0.1, 0.15) is 34.7 Å². The Morgan fingerprint density at radius 3 is 2.76 bits per heavy atom. The van der Waals surface area contributed by atoms with Crippen molar-refractivity contribution in [1.29, 1.82) is 0 Å². The van der Waals surface area contributed by atoms with E-state index in [9.17, 15) is 9.18 Å². The molecule has 11 heteroatoms. The monoisotopic (exact) mass is 607 g/mol. The zero-order valence-corrected chi connectivity index (χ0v) is 25.8. The highest BCUT2D eigenvalue weighted by Gasteiger charge is 2.29.